The Morgan fingerprint density at radius 3 is 2.63 bits per heavy atom. The first-order valence-electron chi connectivity index (χ1n) is 13.7. The Morgan fingerprint density at radius 2 is 1.92 bits per heavy atom. The Labute approximate surface area is 245 Å². The minimum absolute atomic E-state index is 0.0177. The van der Waals surface area contributed by atoms with Gasteiger partial charge >= 0.3 is 0 Å². The number of halogens is 2. The van der Waals surface area contributed by atoms with Crippen LogP contribution >= 0.6 is 34.2 Å². The van der Waals surface area contributed by atoms with E-state index in [1.165, 1.54) is 5.56 Å². The number of carbonyl (C=O) groups is 2. The van der Waals surface area contributed by atoms with Crippen molar-refractivity contribution in [1.82, 2.24) is 25.8 Å². The van der Waals surface area contributed by atoms with Gasteiger partial charge in [-0.1, -0.05) is 48.9 Å². The maximum absolute atomic E-state index is 13.8. The number of amides is 2. The Morgan fingerprint density at radius 1 is 1.16 bits per heavy atom. The first-order chi connectivity index (χ1) is 18.4. The molecule has 2 aliphatic heterocycles. The van der Waals surface area contributed by atoms with E-state index in [2.05, 4.69) is 79.5 Å². The molecule has 2 aromatic carbocycles. The molecular formula is C29H39ClIN5O2. The van der Waals surface area contributed by atoms with Crippen molar-refractivity contribution >= 4 is 46.0 Å². The fourth-order valence-electron chi connectivity index (χ4n) is 5.29. The van der Waals surface area contributed by atoms with Crippen LogP contribution in [0.4, 0.5) is 0 Å². The molecule has 2 heterocycles. The number of nitrogens with one attached hydrogen (secondary N) is 3. The maximum Gasteiger partial charge on any atom is 0.251 e. The summed E-state index contributed by atoms with van der Waals surface area (Å²) in [7, 11) is 0. The summed E-state index contributed by atoms with van der Waals surface area (Å²) in [5, 5.41) is 10.7. The molecule has 0 saturated carbocycles. The highest BCUT2D eigenvalue weighted by Gasteiger charge is 2.32. The molecule has 3 atom stereocenters. The van der Waals surface area contributed by atoms with Crippen molar-refractivity contribution in [3.8, 4) is 0 Å². The van der Waals surface area contributed by atoms with Crippen LogP contribution in [-0.2, 0) is 4.79 Å². The van der Waals surface area contributed by atoms with Gasteiger partial charge in [-0.3, -0.25) is 9.59 Å². The Bertz CT molecular complexity index is 1070. The minimum Gasteiger partial charge on any atom is -0.350 e. The van der Waals surface area contributed by atoms with Crippen LogP contribution in [-0.4, -0.2) is 86.1 Å². The Hall–Kier alpha value is -1.72. The molecule has 2 aromatic rings. The lowest BCUT2D eigenvalue weighted by Crippen LogP contribution is -2.51. The number of hydrogen-bond donors (Lipinski definition) is 3. The quantitative estimate of drug-likeness (QED) is 0.342. The molecule has 0 unspecified atom stereocenters. The lowest BCUT2D eigenvalue weighted by molar-refractivity contribution is -0.133. The van der Waals surface area contributed by atoms with Crippen molar-refractivity contribution in [3.05, 3.63) is 68.3 Å². The van der Waals surface area contributed by atoms with Gasteiger partial charge in [0.2, 0.25) is 5.91 Å². The lowest BCUT2D eigenvalue weighted by atomic mass is 9.95. The van der Waals surface area contributed by atoms with Crippen molar-refractivity contribution in [2.45, 2.75) is 44.2 Å². The third kappa shape index (κ3) is 8.14. The van der Waals surface area contributed by atoms with Gasteiger partial charge in [0.05, 0.1) is 11.1 Å². The van der Waals surface area contributed by atoms with Crippen molar-refractivity contribution in [3.63, 3.8) is 0 Å². The van der Waals surface area contributed by atoms with Crippen LogP contribution in [0.1, 0.15) is 48.0 Å². The van der Waals surface area contributed by atoms with Crippen molar-refractivity contribution in [2.75, 3.05) is 52.4 Å². The molecule has 2 amide bonds. The van der Waals surface area contributed by atoms with Crippen LogP contribution < -0.4 is 16.0 Å². The van der Waals surface area contributed by atoms with Crippen LogP contribution in [0.3, 0.4) is 0 Å². The van der Waals surface area contributed by atoms with E-state index in [1.54, 1.807) is 18.2 Å². The van der Waals surface area contributed by atoms with Gasteiger partial charge in [0, 0.05) is 73.5 Å². The largest absolute Gasteiger partial charge is 0.350 e. The van der Waals surface area contributed by atoms with Gasteiger partial charge in [-0.15, -0.1) is 0 Å². The van der Waals surface area contributed by atoms with Gasteiger partial charge in [0.15, 0.2) is 0 Å². The fourth-order valence-corrected chi connectivity index (χ4v) is 5.93. The molecule has 2 saturated heterocycles. The molecule has 38 heavy (non-hydrogen) atoms. The molecule has 0 aliphatic carbocycles. The summed E-state index contributed by atoms with van der Waals surface area (Å²) < 4.78 is 0.850. The zero-order valence-electron chi connectivity index (χ0n) is 22.1. The van der Waals surface area contributed by atoms with Crippen molar-refractivity contribution in [1.29, 1.82) is 0 Å². The molecule has 4 rings (SSSR count). The van der Waals surface area contributed by atoms with Crippen LogP contribution in [0.2, 0.25) is 5.02 Å². The monoisotopic (exact) mass is 651 g/mol. The van der Waals surface area contributed by atoms with E-state index < -0.39 is 0 Å². The zero-order chi connectivity index (χ0) is 26.9. The second-order valence-electron chi connectivity index (χ2n) is 10.2. The smallest absolute Gasteiger partial charge is 0.251 e. The van der Waals surface area contributed by atoms with Crippen molar-refractivity contribution in [2.24, 2.45) is 0 Å². The van der Waals surface area contributed by atoms with Crippen LogP contribution in [0, 0.1) is 3.57 Å². The lowest BCUT2D eigenvalue weighted by Gasteiger charge is -2.31. The third-order valence-corrected chi connectivity index (χ3v) is 9.17. The van der Waals surface area contributed by atoms with E-state index in [4.69, 9.17) is 11.6 Å². The van der Waals surface area contributed by atoms with E-state index in [-0.39, 0.29) is 23.9 Å². The molecule has 0 aromatic heterocycles. The molecule has 2 fully saturated rings. The number of hydrogen-bond acceptors (Lipinski definition) is 5. The van der Waals surface area contributed by atoms with Gasteiger partial charge in [-0.25, -0.2) is 0 Å². The summed E-state index contributed by atoms with van der Waals surface area (Å²) in [5.74, 6) is 0.356. The van der Waals surface area contributed by atoms with Gasteiger partial charge in [0.1, 0.15) is 0 Å². The number of nitrogens with zero attached hydrogens (tertiary/aromatic N) is 2. The topological polar surface area (TPSA) is 76.7 Å². The van der Waals surface area contributed by atoms with Gasteiger partial charge in [-0.2, -0.15) is 0 Å². The van der Waals surface area contributed by atoms with Gasteiger partial charge < -0.3 is 25.8 Å². The van der Waals surface area contributed by atoms with Crippen LogP contribution in [0.5, 0.6) is 0 Å². The molecule has 0 bridgehead atoms. The summed E-state index contributed by atoms with van der Waals surface area (Å²) in [6.45, 7) is 8.95. The Kier molecular flexibility index (Phi) is 11.2. The van der Waals surface area contributed by atoms with E-state index >= 15 is 0 Å². The van der Waals surface area contributed by atoms with Gasteiger partial charge in [-0.05, 0) is 65.6 Å². The Balaban J connectivity index is 1.43. The normalized spacial score (nSPS) is 21.7. The summed E-state index contributed by atoms with van der Waals surface area (Å²) >= 11 is 8.26. The predicted octanol–water partition coefficient (Wildman–Crippen LogP) is 3.72. The summed E-state index contributed by atoms with van der Waals surface area (Å²) in [6.07, 6.45) is 2.53. The maximum atomic E-state index is 13.8. The minimum atomic E-state index is -0.265. The van der Waals surface area contributed by atoms with Crippen LogP contribution in [0.25, 0.3) is 0 Å². The number of rotatable bonds is 10. The molecule has 9 heteroatoms. The van der Waals surface area contributed by atoms with Crippen molar-refractivity contribution < 1.29 is 9.59 Å². The second-order valence-corrected chi connectivity index (χ2v) is 11.8. The van der Waals surface area contributed by atoms with Crippen LogP contribution in [0.15, 0.2) is 48.5 Å². The van der Waals surface area contributed by atoms with E-state index in [0.717, 1.165) is 55.6 Å². The predicted molar refractivity (Wildman–Crippen MR) is 162 cm³/mol. The van der Waals surface area contributed by atoms with E-state index in [9.17, 15) is 9.59 Å². The first-order valence-corrected chi connectivity index (χ1v) is 15.2. The average Bonchev–Trinajstić information content (AvgIpc) is 3.09. The average molecular weight is 652 g/mol. The zero-order valence-corrected chi connectivity index (χ0v) is 25.0. The molecule has 0 radical (unpaired) electrons. The number of carbonyl (C=O) groups excluding carboxylic acids is 2. The fraction of sp³-hybridized carbons (Fsp3) is 0.517. The van der Waals surface area contributed by atoms with E-state index in [1.807, 2.05) is 6.07 Å². The highest BCUT2D eigenvalue weighted by molar-refractivity contribution is 14.1. The van der Waals surface area contributed by atoms with E-state index in [0.29, 0.717) is 36.1 Å². The third-order valence-electron chi connectivity index (χ3n) is 7.63. The first kappa shape index (κ1) is 29.3. The standard InChI is InChI=1S/C29H39ClIN5O2/c1-2-21(22-6-4-3-5-7-22)20-36-15-10-24(19-33-28(37)23-8-9-25(30)26(31)18-23)34-27(29(36)38)11-14-35-16-12-32-13-17-35/h3-9,18,21,24,27,32,34H,2,10-17,19-20H2,1H3,(H,33,37)/t21-,24+,27+/m1/s1. The molecule has 0 spiro atoms. The highest BCUT2D eigenvalue weighted by Crippen LogP contribution is 2.23. The molecule has 7 nitrogen and oxygen atoms in total. The summed E-state index contributed by atoms with van der Waals surface area (Å²) in [5.41, 5.74) is 1.87. The highest BCUT2D eigenvalue weighted by atomic mass is 127. The number of piperazine rings is 1. The SMILES string of the molecule is CC[C@H](CN1CC[C@@H](CNC(=O)c2ccc(Cl)c(I)c2)N[C@@H](CCN2CCNCC2)C1=O)c1ccccc1. The molecule has 3 N–H and O–H groups in total. The molecule has 2 aliphatic rings. The molecular weight excluding hydrogens is 613 g/mol. The second kappa shape index (κ2) is 14.6. The summed E-state index contributed by atoms with van der Waals surface area (Å²) in [4.78, 5) is 31.1. The summed E-state index contributed by atoms with van der Waals surface area (Å²) in [6, 6.07) is 15.5. The molecule has 206 valence electrons. The van der Waals surface area contributed by atoms with Gasteiger partial charge in [0.25, 0.3) is 5.91 Å². The number of benzene rings is 2.